The Balaban J connectivity index is 1.59. The van der Waals surface area contributed by atoms with E-state index in [0.717, 1.165) is 19.3 Å². The van der Waals surface area contributed by atoms with E-state index >= 15 is 0 Å². The molecule has 0 spiro atoms. The smallest absolute Gasteiger partial charge is 0.0448 e. The number of pyridine rings is 1. The fraction of sp³-hybridized carbons (Fsp3) is 0.389. The van der Waals surface area contributed by atoms with Crippen molar-refractivity contribution in [2.24, 2.45) is 0 Å². The van der Waals surface area contributed by atoms with Gasteiger partial charge in [-0.2, -0.15) is 0 Å². The molecular formula is C18H22N2. The molecule has 0 bridgehead atoms. The molecule has 2 aromatic rings. The van der Waals surface area contributed by atoms with E-state index in [9.17, 15) is 0 Å². The van der Waals surface area contributed by atoms with Gasteiger partial charge >= 0.3 is 0 Å². The second-order valence-electron chi connectivity index (χ2n) is 5.91. The molecule has 0 aliphatic heterocycles. The molecule has 2 nitrogen and oxygen atoms in total. The summed E-state index contributed by atoms with van der Waals surface area (Å²) in [6.45, 7) is 4.40. The van der Waals surface area contributed by atoms with Gasteiger partial charge in [-0.05, 0) is 49.4 Å². The first-order valence-corrected chi connectivity index (χ1v) is 7.45. The first-order chi connectivity index (χ1) is 9.72. The van der Waals surface area contributed by atoms with Crippen LogP contribution >= 0.6 is 0 Å². The molecule has 1 aromatic carbocycles. The molecule has 1 heterocycles. The van der Waals surface area contributed by atoms with Crippen LogP contribution in [0.25, 0.3) is 0 Å². The maximum atomic E-state index is 4.49. The van der Waals surface area contributed by atoms with Gasteiger partial charge in [-0.1, -0.05) is 30.3 Å². The molecule has 1 aromatic heterocycles. The fourth-order valence-electron chi connectivity index (χ4n) is 3.16. The second-order valence-corrected chi connectivity index (χ2v) is 5.91. The zero-order chi connectivity index (χ0) is 13.9. The van der Waals surface area contributed by atoms with Crippen molar-refractivity contribution in [3.63, 3.8) is 0 Å². The Bertz CT molecular complexity index is 566. The Kier molecular flexibility index (Phi) is 3.83. The van der Waals surface area contributed by atoms with Crippen LogP contribution in [-0.4, -0.2) is 17.1 Å². The first kappa shape index (κ1) is 13.3. The number of benzene rings is 1. The van der Waals surface area contributed by atoms with Crippen molar-refractivity contribution in [3.05, 3.63) is 65.0 Å². The van der Waals surface area contributed by atoms with E-state index in [-0.39, 0.29) is 0 Å². The van der Waals surface area contributed by atoms with Gasteiger partial charge in [0.15, 0.2) is 0 Å². The van der Waals surface area contributed by atoms with Gasteiger partial charge in [0, 0.05) is 30.4 Å². The van der Waals surface area contributed by atoms with Crippen molar-refractivity contribution in [2.75, 3.05) is 0 Å². The van der Waals surface area contributed by atoms with Gasteiger partial charge in [0.25, 0.3) is 0 Å². The molecule has 0 saturated carbocycles. The summed E-state index contributed by atoms with van der Waals surface area (Å²) in [7, 11) is 0. The highest BCUT2D eigenvalue weighted by Gasteiger charge is 2.22. The lowest BCUT2D eigenvalue weighted by Crippen LogP contribution is -2.38. The van der Waals surface area contributed by atoms with Crippen molar-refractivity contribution in [2.45, 2.75) is 45.2 Å². The summed E-state index contributed by atoms with van der Waals surface area (Å²) in [5.74, 6) is 0. The fourth-order valence-corrected chi connectivity index (χ4v) is 3.16. The molecule has 1 atom stereocenters. The summed E-state index contributed by atoms with van der Waals surface area (Å²) in [6.07, 6.45) is 5.20. The third-order valence-electron chi connectivity index (χ3n) is 4.19. The number of fused-ring (bicyclic) bond motifs is 1. The molecule has 1 N–H and O–H groups in total. The predicted octanol–water partition coefficient (Wildman–Crippen LogP) is 3.08. The highest BCUT2D eigenvalue weighted by Crippen LogP contribution is 2.22. The molecule has 0 amide bonds. The van der Waals surface area contributed by atoms with Crippen LogP contribution in [0.3, 0.4) is 0 Å². The van der Waals surface area contributed by atoms with Crippen molar-refractivity contribution in [1.29, 1.82) is 0 Å². The molecule has 1 aliphatic rings. The number of hydrogen-bond acceptors (Lipinski definition) is 2. The van der Waals surface area contributed by atoms with E-state index in [4.69, 9.17) is 0 Å². The first-order valence-electron chi connectivity index (χ1n) is 7.45. The van der Waals surface area contributed by atoms with E-state index in [1.165, 1.54) is 22.4 Å². The van der Waals surface area contributed by atoms with Gasteiger partial charge in [0.05, 0.1) is 0 Å². The van der Waals surface area contributed by atoms with E-state index < -0.39 is 0 Å². The van der Waals surface area contributed by atoms with E-state index in [1.807, 2.05) is 12.3 Å². The van der Waals surface area contributed by atoms with Crippen LogP contribution in [0.15, 0.2) is 42.6 Å². The minimum absolute atomic E-state index is 0.461. The molecule has 0 fully saturated rings. The van der Waals surface area contributed by atoms with Gasteiger partial charge in [-0.25, -0.2) is 0 Å². The molecule has 3 rings (SSSR count). The summed E-state index contributed by atoms with van der Waals surface area (Å²) >= 11 is 0. The molecule has 0 unspecified atom stereocenters. The molecule has 104 valence electrons. The largest absolute Gasteiger partial charge is 0.310 e. The van der Waals surface area contributed by atoms with Crippen molar-refractivity contribution < 1.29 is 0 Å². The topological polar surface area (TPSA) is 24.9 Å². The molecule has 0 saturated heterocycles. The maximum absolute atomic E-state index is 4.49. The zero-order valence-corrected chi connectivity index (χ0v) is 12.3. The lowest BCUT2D eigenvalue weighted by molar-refractivity contribution is 0.450. The molecule has 2 heteroatoms. The van der Waals surface area contributed by atoms with E-state index in [0.29, 0.717) is 12.1 Å². The van der Waals surface area contributed by atoms with Crippen LogP contribution in [-0.2, 0) is 19.3 Å². The Morgan fingerprint density at radius 1 is 1.15 bits per heavy atom. The second kappa shape index (κ2) is 5.76. The number of rotatable bonds is 4. The van der Waals surface area contributed by atoms with Crippen LogP contribution < -0.4 is 5.32 Å². The predicted molar refractivity (Wildman–Crippen MR) is 82.9 cm³/mol. The minimum atomic E-state index is 0.461. The van der Waals surface area contributed by atoms with Gasteiger partial charge in [0.2, 0.25) is 0 Å². The van der Waals surface area contributed by atoms with Gasteiger partial charge in [-0.15, -0.1) is 0 Å². The SMILES string of the molecule is Cc1cccnc1C[C@H](C)NC1Cc2ccccc2C1. The maximum Gasteiger partial charge on any atom is 0.0448 e. The number of hydrogen-bond donors (Lipinski definition) is 1. The van der Waals surface area contributed by atoms with Crippen LogP contribution in [0.2, 0.25) is 0 Å². The van der Waals surface area contributed by atoms with Crippen LogP contribution in [0.1, 0.15) is 29.3 Å². The Labute approximate surface area is 121 Å². The van der Waals surface area contributed by atoms with Gasteiger partial charge in [-0.3, -0.25) is 4.98 Å². The standard InChI is InChI=1S/C18H22N2/c1-13-6-5-9-19-18(13)10-14(2)20-17-11-15-7-3-4-8-16(15)12-17/h3-9,14,17,20H,10-12H2,1-2H3/t14-/m0/s1. The molecular weight excluding hydrogens is 244 g/mol. The summed E-state index contributed by atoms with van der Waals surface area (Å²) in [5.41, 5.74) is 5.51. The molecule has 20 heavy (non-hydrogen) atoms. The minimum Gasteiger partial charge on any atom is -0.310 e. The van der Waals surface area contributed by atoms with Gasteiger partial charge < -0.3 is 5.32 Å². The number of nitrogens with one attached hydrogen (secondary N) is 1. The van der Waals surface area contributed by atoms with Crippen LogP contribution in [0.5, 0.6) is 0 Å². The number of nitrogens with zero attached hydrogens (tertiary/aromatic N) is 1. The summed E-state index contributed by atoms with van der Waals surface area (Å²) in [6, 6.07) is 14.0. The Hall–Kier alpha value is -1.67. The Morgan fingerprint density at radius 2 is 1.85 bits per heavy atom. The van der Waals surface area contributed by atoms with Gasteiger partial charge in [0.1, 0.15) is 0 Å². The average Bonchev–Trinajstić information content (AvgIpc) is 2.83. The van der Waals surface area contributed by atoms with Crippen molar-refractivity contribution in [1.82, 2.24) is 10.3 Å². The molecule has 0 radical (unpaired) electrons. The highest BCUT2D eigenvalue weighted by molar-refractivity contribution is 5.33. The third-order valence-corrected chi connectivity index (χ3v) is 4.19. The Morgan fingerprint density at radius 3 is 2.50 bits per heavy atom. The highest BCUT2D eigenvalue weighted by atomic mass is 14.9. The number of aryl methyl sites for hydroxylation is 1. The van der Waals surface area contributed by atoms with Crippen molar-refractivity contribution in [3.8, 4) is 0 Å². The van der Waals surface area contributed by atoms with E-state index in [1.54, 1.807) is 0 Å². The zero-order valence-electron chi connectivity index (χ0n) is 12.3. The average molecular weight is 266 g/mol. The quantitative estimate of drug-likeness (QED) is 0.920. The number of aromatic nitrogens is 1. The van der Waals surface area contributed by atoms with Crippen LogP contribution in [0.4, 0.5) is 0 Å². The summed E-state index contributed by atoms with van der Waals surface area (Å²) in [4.78, 5) is 4.49. The summed E-state index contributed by atoms with van der Waals surface area (Å²) in [5, 5.41) is 3.76. The van der Waals surface area contributed by atoms with Crippen molar-refractivity contribution >= 4 is 0 Å². The summed E-state index contributed by atoms with van der Waals surface area (Å²) < 4.78 is 0. The van der Waals surface area contributed by atoms with Crippen LogP contribution in [0, 0.1) is 6.92 Å². The lowest BCUT2D eigenvalue weighted by atomic mass is 10.1. The molecule has 1 aliphatic carbocycles. The lowest BCUT2D eigenvalue weighted by Gasteiger charge is -2.19. The van der Waals surface area contributed by atoms with E-state index in [2.05, 4.69) is 54.5 Å². The normalized spacial score (nSPS) is 16.1. The monoisotopic (exact) mass is 266 g/mol. The third kappa shape index (κ3) is 2.91.